The van der Waals surface area contributed by atoms with Crippen molar-refractivity contribution in [3.05, 3.63) is 16.2 Å². The van der Waals surface area contributed by atoms with Crippen LogP contribution >= 0.6 is 22.9 Å². The van der Waals surface area contributed by atoms with Crippen molar-refractivity contribution < 1.29 is 9.53 Å². The van der Waals surface area contributed by atoms with Gasteiger partial charge in [0.05, 0.1) is 17.6 Å². The second-order valence-corrected chi connectivity index (χ2v) is 4.62. The predicted molar refractivity (Wildman–Crippen MR) is 72.5 cm³/mol. The molecule has 0 radical (unpaired) electrons. The molecule has 0 aromatic carbocycles. The Morgan fingerprint density at radius 3 is 2.94 bits per heavy atom. The number of hydrogen-bond donors (Lipinski definition) is 1. The maximum atomic E-state index is 11.8. The number of thiophene rings is 1. The largest absolute Gasteiger partial charge is 0.462 e. The number of carbonyl (C=O) groups is 1. The first kappa shape index (κ1) is 13.0. The van der Waals surface area contributed by atoms with E-state index in [4.69, 9.17) is 16.3 Å². The molecule has 0 unspecified atom stereocenters. The summed E-state index contributed by atoms with van der Waals surface area (Å²) in [6, 6.07) is 0. The lowest BCUT2D eigenvalue weighted by Gasteiger charge is -2.06. The molecule has 0 aliphatic carbocycles. The zero-order valence-corrected chi connectivity index (χ0v) is 11.6. The summed E-state index contributed by atoms with van der Waals surface area (Å²) in [4.78, 5) is 20.7. The predicted octanol–water partition coefficient (Wildman–Crippen LogP) is 2.95. The number of anilines is 1. The van der Waals surface area contributed by atoms with E-state index in [1.807, 2.05) is 6.92 Å². The molecule has 5 nitrogen and oxygen atoms in total. The van der Waals surface area contributed by atoms with E-state index >= 15 is 0 Å². The average molecular weight is 286 g/mol. The fraction of sp³-hybridized carbons (Fsp3) is 0.364. The number of rotatable bonds is 4. The third kappa shape index (κ3) is 2.39. The van der Waals surface area contributed by atoms with Crippen LogP contribution in [-0.4, -0.2) is 29.1 Å². The molecular formula is C11H12ClN3O2S. The number of esters is 1. The third-order valence-electron chi connectivity index (χ3n) is 2.25. The quantitative estimate of drug-likeness (QED) is 0.691. The van der Waals surface area contributed by atoms with Gasteiger partial charge in [0, 0.05) is 11.9 Å². The Morgan fingerprint density at radius 2 is 2.28 bits per heavy atom. The van der Waals surface area contributed by atoms with Crippen molar-refractivity contribution in [3.8, 4) is 0 Å². The Balaban J connectivity index is 2.58. The minimum absolute atomic E-state index is 0.163. The molecular weight excluding hydrogens is 274 g/mol. The van der Waals surface area contributed by atoms with Gasteiger partial charge in [-0.25, -0.2) is 14.8 Å². The molecule has 7 heteroatoms. The van der Waals surface area contributed by atoms with Gasteiger partial charge in [0.25, 0.3) is 0 Å². The van der Waals surface area contributed by atoms with Gasteiger partial charge in [-0.2, -0.15) is 0 Å². The van der Waals surface area contributed by atoms with Gasteiger partial charge in [-0.1, -0.05) is 0 Å². The molecule has 18 heavy (non-hydrogen) atoms. The van der Waals surface area contributed by atoms with Crippen LogP contribution in [0, 0.1) is 0 Å². The number of aromatic nitrogens is 2. The number of ether oxygens (including phenoxy) is 1. The topological polar surface area (TPSA) is 64.1 Å². The van der Waals surface area contributed by atoms with Gasteiger partial charge >= 0.3 is 5.97 Å². The second kappa shape index (κ2) is 5.49. The van der Waals surface area contributed by atoms with Gasteiger partial charge in [-0.3, -0.25) is 0 Å². The van der Waals surface area contributed by atoms with E-state index in [0.29, 0.717) is 34.7 Å². The first-order valence-electron chi connectivity index (χ1n) is 5.53. The minimum Gasteiger partial charge on any atom is -0.462 e. The fourth-order valence-electron chi connectivity index (χ4n) is 1.57. The van der Waals surface area contributed by atoms with E-state index in [9.17, 15) is 4.79 Å². The van der Waals surface area contributed by atoms with Crippen LogP contribution in [0.25, 0.3) is 10.2 Å². The molecule has 0 aliphatic rings. The number of fused-ring (bicyclic) bond motifs is 1. The Morgan fingerprint density at radius 1 is 1.50 bits per heavy atom. The van der Waals surface area contributed by atoms with Crippen LogP contribution in [0.5, 0.6) is 0 Å². The molecule has 2 aromatic heterocycles. The van der Waals surface area contributed by atoms with Crippen LogP contribution in [0.2, 0.25) is 5.28 Å². The fourth-order valence-corrected chi connectivity index (χ4v) is 2.70. The smallest absolute Gasteiger partial charge is 0.339 e. The van der Waals surface area contributed by atoms with Crippen LogP contribution < -0.4 is 5.32 Å². The number of hydrogen-bond acceptors (Lipinski definition) is 6. The van der Waals surface area contributed by atoms with E-state index < -0.39 is 0 Å². The Kier molecular flexibility index (Phi) is 3.98. The average Bonchev–Trinajstić information content (AvgIpc) is 2.73. The molecule has 0 bridgehead atoms. The van der Waals surface area contributed by atoms with Crippen molar-refractivity contribution in [1.29, 1.82) is 0 Å². The third-order valence-corrected chi connectivity index (χ3v) is 3.29. The first-order valence-corrected chi connectivity index (χ1v) is 6.78. The number of halogens is 1. The maximum Gasteiger partial charge on any atom is 0.339 e. The van der Waals surface area contributed by atoms with Crippen molar-refractivity contribution in [2.45, 2.75) is 13.8 Å². The summed E-state index contributed by atoms with van der Waals surface area (Å²) >= 11 is 7.18. The summed E-state index contributed by atoms with van der Waals surface area (Å²) in [5.41, 5.74) is 0.476. The summed E-state index contributed by atoms with van der Waals surface area (Å²) in [7, 11) is 0. The van der Waals surface area contributed by atoms with Gasteiger partial charge in [-0.15, -0.1) is 11.3 Å². The molecule has 0 spiro atoms. The summed E-state index contributed by atoms with van der Waals surface area (Å²) in [5, 5.41) is 5.63. The van der Waals surface area contributed by atoms with Crippen molar-refractivity contribution in [1.82, 2.24) is 9.97 Å². The van der Waals surface area contributed by atoms with Crippen molar-refractivity contribution in [2.75, 3.05) is 18.5 Å². The normalized spacial score (nSPS) is 10.6. The second-order valence-electron chi connectivity index (χ2n) is 3.42. The molecule has 0 atom stereocenters. The highest BCUT2D eigenvalue weighted by molar-refractivity contribution is 7.17. The monoisotopic (exact) mass is 285 g/mol. The van der Waals surface area contributed by atoms with Gasteiger partial charge in [-0.05, 0) is 25.4 Å². The lowest BCUT2D eigenvalue weighted by atomic mass is 10.2. The highest BCUT2D eigenvalue weighted by Gasteiger charge is 2.18. The number of nitrogens with one attached hydrogen (secondary N) is 1. The maximum absolute atomic E-state index is 11.8. The lowest BCUT2D eigenvalue weighted by molar-refractivity contribution is 0.0529. The lowest BCUT2D eigenvalue weighted by Crippen LogP contribution is -2.06. The first-order chi connectivity index (χ1) is 8.67. The van der Waals surface area contributed by atoms with Crippen LogP contribution in [-0.2, 0) is 4.74 Å². The summed E-state index contributed by atoms with van der Waals surface area (Å²) in [6.45, 7) is 4.73. The molecule has 2 aromatic rings. The Labute approximate surface area is 113 Å². The summed E-state index contributed by atoms with van der Waals surface area (Å²) < 4.78 is 5.01. The SMILES string of the molecule is CCNc1nc(Cl)nc2scc(C(=O)OCC)c12. The number of carbonyl (C=O) groups excluding carboxylic acids is 1. The molecule has 0 fully saturated rings. The van der Waals surface area contributed by atoms with E-state index in [-0.39, 0.29) is 11.3 Å². The van der Waals surface area contributed by atoms with Crippen LogP contribution in [0.4, 0.5) is 5.82 Å². The summed E-state index contributed by atoms with van der Waals surface area (Å²) in [5.74, 6) is 0.200. The van der Waals surface area contributed by atoms with Crippen LogP contribution in [0.1, 0.15) is 24.2 Å². The minimum atomic E-state index is -0.367. The van der Waals surface area contributed by atoms with Gasteiger partial charge in [0.1, 0.15) is 10.6 Å². The van der Waals surface area contributed by atoms with E-state index in [0.717, 1.165) is 0 Å². The zero-order valence-electron chi connectivity index (χ0n) is 9.99. The van der Waals surface area contributed by atoms with E-state index in [1.54, 1.807) is 12.3 Å². The molecule has 2 heterocycles. The summed E-state index contributed by atoms with van der Waals surface area (Å²) in [6.07, 6.45) is 0. The Bertz CT molecular complexity index is 585. The highest BCUT2D eigenvalue weighted by atomic mass is 35.5. The van der Waals surface area contributed by atoms with Crippen LogP contribution in [0.3, 0.4) is 0 Å². The van der Waals surface area contributed by atoms with E-state index in [2.05, 4.69) is 15.3 Å². The molecule has 2 rings (SSSR count). The van der Waals surface area contributed by atoms with Crippen molar-refractivity contribution in [2.24, 2.45) is 0 Å². The molecule has 96 valence electrons. The molecule has 1 N–H and O–H groups in total. The zero-order chi connectivity index (χ0) is 13.1. The molecule has 0 saturated heterocycles. The highest BCUT2D eigenvalue weighted by Crippen LogP contribution is 2.31. The molecule has 0 aliphatic heterocycles. The van der Waals surface area contributed by atoms with Gasteiger partial charge in [0.15, 0.2) is 0 Å². The molecule has 0 amide bonds. The van der Waals surface area contributed by atoms with Gasteiger partial charge in [0.2, 0.25) is 5.28 Å². The van der Waals surface area contributed by atoms with Crippen molar-refractivity contribution in [3.63, 3.8) is 0 Å². The number of nitrogens with zero attached hydrogens (tertiary/aromatic N) is 2. The molecule has 0 saturated carbocycles. The van der Waals surface area contributed by atoms with Gasteiger partial charge < -0.3 is 10.1 Å². The van der Waals surface area contributed by atoms with E-state index in [1.165, 1.54) is 11.3 Å². The Hall–Kier alpha value is -1.40. The van der Waals surface area contributed by atoms with Crippen LogP contribution in [0.15, 0.2) is 5.38 Å². The van der Waals surface area contributed by atoms with Crippen molar-refractivity contribution >= 4 is 44.9 Å². The standard InChI is InChI=1S/C11H12ClN3O2S/c1-3-13-8-7-6(10(16)17-4-2)5-18-9(7)15-11(12)14-8/h5H,3-4H2,1-2H3,(H,13,14,15).